The third-order valence-corrected chi connectivity index (χ3v) is 4.47. The lowest BCUT2D eigenvalue weighted by Crippen LogP contribution is -2.41. The Bertz CT molecular complexity index is 423. The number of benzene rings is 1. The Kier molecular flexibility index (Phi) is 5.90. The molecule has 0 atom stereocenters. The van der Waals surface area contributed by atoms with E-state index in [2.05, 4.69) is 11.8 Å². The van der Waals surface area contributed by atoms with Gasteiger partial charge in [-0.15, -0.1) is 0 Å². The van der Waals surface area contributed by atoms with Gasteiger partial charge in [0.2, 0.25) is 5.91 Å². The van der Waals surface area contributed by atoms with Crippen molar-refractivity contribution < 1.29 is 4.79 Å². The van der Waals surface area contributed by atoms with Gasteiger partial charge in [0, 0.05) is 24.0 Å². The summed E-state index contributed by atoms with van der Waals surface area (Å²) in [5, 5.41) is 0.748. The summed E-state index contributed by atoms with van der Waals surface area (Å²) in [4.78, 5) is 14.5. The monoisotopic (exact) mass is 293 g/mol. The highest BCUT2D eigenvalue weighted by molar-refractivity contribution is 6.30. The zero-order valence-electron chi connectivity index (χ0n) is 12.3. The number of aryl methyl sites for hydroxylation is 1. The molecule has 1 aliphatic carbocycles. The first-order chi connectivity index (χ1) is 9.70. The van der Waals surface area contributed by atoms with Gasteiger partial charge in [0.1, 0.15) is 0 Å². The molecular weight excluding hydrogens is 270 g/mol. The molecule has 20 heavy (non-hydrogen) atoms. The summed E-state index contributed by atoms with van der Waals surface area (Å²) in [6.07, 6.45) is 7.64. The second-order valence-corrected chi connectivity index (χ2v) is 6.03. The first-order valence-electron chi connectivity index (χ1n) is 7.74. The van der Waals surface area contributed by atoms with Crippen LogP contribution in [-0.4, -0.2) is 23.4 Å². The quantitative estimate of drug-likeness (QED) is 0.785. The molecule has 2 nitrogen and oxygen atoms in total. The molecule has 1 fully saturated rings. The predicted molar refractivity (Wildman–Crippen MR) is 84.0 cm³/mol. The van der Waals surface area contributed by atoms with E-state index in [9.17, 15) is 4.79 Å². The number of hydrogen-bond acceptors (Lipinski definition) is 1. The average Bonchev–Trinajstić information content (AvgIpc) is 2.48. The van der Waals surface area contributed by atoms with Crippen LogP contribution in [0.15, 0.2) is 24.3 Å². The Morgan fingerprint density at radius 3 is 2.45 bits per heavy atom. The molecule has 0 N–H and O–H groups in total. The van der Waals surface area contributed by atoms with Crippen LogP contribution in [0.3, 0.4) is 0 Å². The Balaban J connectivity index is 1.87. The number of rotatable bonds is 5. The minimum Gasteiger partial charge on any atom is -0.340 e. The zero-order valence-corrected chi connectivity index (χ0v) is 13.0. The topological polar surface area (TPSA) is 20.3 Å². The standard InChI is InChI=1S/C17H24ClNO/c1-2-19(16-6-4-3-5-7-16)17(20)13-10-14-8-11-15(18)12-9-14/h8-9,11-12,16H,2-7,10,13H2,1H3. The normalized spacial score (nSPS) is 16.1. The Morgan fingerprint density at radius 1 is 1.20 bits per heavy atom. The minimum atomic E-state index is 0.300. The Labute approximate surface area is 127 Å². The van der Waals surface area contributed by atoms with Gasteiger partial charge < -0.3 is 4.90 Å². The molecule has 1 aliphatic rings. The average molecular weight is 294 g/mol. The largest absolute Gasteiger partial charge is 0.340 e. The van der Waals surface area contributed by atoms with Crippen LogP contribution in [0.4, 0.5) is 0 Å². The van der Waals surface area contributed by atoms with Gasteiger partial charge >= 0.3 is 0 Å². The van der Waals surface area contributed by atoms with Gasteiger partial charge in [0.25, 0.3) is 0 Å². The SMILES string of the molecule is CCN(C(=O)CCc1ccc(Cl)cc1)C1CCCCC1. The summed E-state index contributed by atoms with van der Waals surface area (Å²) < 4.78 is 0. The van der Waals surface area contributed by atoms with Crippen LogP contribution < -0.4 is 0 Å². The van der Waals surface area contributed by atoms with E-state index in [1.807, 2.05) is 24.3 Å². The van der Waals surface area contributed by atoms with E-state index in [0.29, 0.717) is 18.4 Å². The van der Waals surface area contributed by atoms with Crippen molar-refractivity contribution in [1.29, 1.82) is 0 Å². The summed E-state index contributed by atoms with van der Waals surface area (Å²) in [7, 11) is 0. The lowest BCUT2D eigenvalue weighted by atomic mass is 9.94. The summed E-state index contributed by atoms with van der Waals surface area (Å²) in [5.41, 5.74) is 1.18. The molecule has 1 aromatic carbocycles. The summed E-state index contributed by atoms with van der Waals surface area (Å²) in [6, 6.07) is 8.27. The maximum atomic E-state index is 12.4. The molecule has 2 rings (SSSR count). The molecular formula is C17H24ClNO. The van der Waals surface area contributed by atoms with E-state index in [-0.39, 0.29) is 0 Å². The second kappa shape index (κ2) is 7.68. The number of amides is 1. The number of halogens is 1. The molecule has 0 bridgehead atoms. The van der Waals surface area contributed by atoms with Crippen molar-refractivity contribution in [1.82, 2.24) is 4.90 Å². The summed E-state index contributed by atoms with van der Waals surface area (Å²) in [5.74, 6) is 0.300. The molecule has 0 unspecified atom stereocenters. The number of carbonyl (C=O) groups is 1. The van der Waals surface area contributed by atoms with Crippen molar-refractivity contribution >= 4 is 17.5 Å². The van der Waals surface area contributed by atoms with Crippen LogP contribution in [0.1, 0.15) is 51.0 Å². The van der Waals surface area contributed by atoms with Crippen molar-refractivity contribution in [2.75, 3.05) is 6.54 Å². The molecule has 0 radical (unpaired) electrons. The van der Waals surface area contributed by atoms with Crippen molar-refractivity contribution in [2.24, 2.45) is 0 Å². The van der Waals surface area contributed by atoms with Gasteiger partial charge in [0.15, 0.2) is 0 Å². The highest BCUT2D eigenvalue weighted by Gasteiger charge is 2.23. The molecule has 0 spiro atoms. The Morgan fingerprint density at radius 2 is 1.85 bits per heavy atom. The molecule has 110 valence electrons. The summed E-state index contributed by atoms with van der Waals surface area (Å²) >= 11 is 5.87. The smallest absolute Gasteiger partial charge is 0.223 e. The zero-order chi connectivity index (χ0) is 14.4. The van der Waals surface area contributed by atoms with Crippen molar-refractivity contribution in [3.63, 3.8) is 0 Å². The Hall–Kier alpha value is -1.02. The molecule has 0 aromatic heterocycles. The fourth-order valence-corrected chi connectivity index (χ4v) is 3.20. The van der Waals surface area contributed by atoms with Crippen LogP contribution in [-0.2, 0) is 11.2 Å². The van der Waals surface area contributed by atoms with E-state index < -0.39 is 0 Å². The second-order valence-electron chi connectivity index (χ2n) is 5.60. The van der Waals surface area contributed by atoms with E-state index in [1.165, 1.54) is 37.7 Å². The molecule has 1 aromatic rings. The third-order valence-electron chi connectivity index (χ3n) is 4.22. The van der Waals surface area contributed by atoms with E-state index in [0.717, 1.165) is 18.0 Å². The molecule has 0 heterocycles. The maximum absolute atomic E-state index is 12.4. The van der Waals surface area contributed by atoms with Gasteiger partial charge in [-0.1, -0.05) is 43.0 Å². The van der Waals surface area contributed by atoms with Gasteiger partial charge in [0.05, 0.1) is 0 Å². The highest BCUT2D eigenvalue weighted by Crippen LogP contribution is 2.23. The van der Waals surface area contributed by atoms with Crippen LogP contribution in [0.25, 0.3) is 0 Å². The number of nitrogens with zero attached hydrogens (tertiary/aromatic N) is 1. The van der Waals surface area contributed by atoms with E-state index >= 15 is 0 Å². The maximum Gasteiger partial charge on any atom is 0.223 e. The lowest BCUT2D eigenvalue weighted by molar-refractivity contribution is -0.133. The first-order valence-corrected chi connectivity index (χ1v) is 8.12. The fraction of sp³-hybridized carbons (Fsp3) is 0.588. The van der Waals surface area contributed by atoms with Crippen LogP contribution >= 0.6 is 11.6 Å². The molecule has 0 aliphatic heterocycles. The lowest BCUT2D eigenvalue weighted by Gasteiger charge is -2.33. The third kappa shape index (κ3) is 4.24. The van der Waals surface area contributed by atoms with Gasteiger partial charge in [-0.3, -0.25) is 4.79 Å². The fourth-order valence-electron chi connectivity index (χ4n) is 3.08. The van der Waals surface area contributed by atoms with Gasteiger partial charge in [-0.25, -0.2) is 0 Å². The summed E-state index contributed by atoms with van der Waals surface area (Å²) in [6.45, 7) is 2.93. The number of carbonyl (C=O) groups excluding carboxylic acids is 1. The van der Waals surface area contributed by atoms with E-state index in [1.54, 1.807) is 0 Å². The highest BCUT2D eigenvalue weighted by atomic mass is 35.5. The first kappa shape index (κ1) is 15.4. The van der Waals surface area contributed by atoms with E-state index in [4.69, 9.17) is 11.6 Å². The molecule has 1 amide bonds. The van der Waals surface area contributed by atoms with Gasteiger partial charge in [-0.2, -0.15) is 0 Å². The van der Waals surface area contributed by atoms with Gasteiger partial charge in [-0.05, 0) is 43.9 Å². The van der Waals surface area contributed by atoms with Crippen molar-refractivity contribution in [3.05, 3.63) is 34.9 Å². The molecule has 0 saturated heterocycles. The molecule has 3 heteroatoms. The van der Waals surface area contributed by atoms with Crippen molar-refractivity contribution in [3.8, 4) is 0 Å². The predicted octanol–water partition coefficient (Wildman–Crippen LogP) is 4.45. The van der Waals surface area contributed by atoms with Crippen molar-refractivity contribution in [2.45, 2.75) is 57.9 Å². The van der Waals surface area contributed by atoms with Crippen LogP contribution in [0, 0.1) is 0 Å². The molecule has 1 saturated carbocycles. The minimum absolute atomic E-state index is 0.300. The van der Waals surface area contributed by atoms with Crippen LogP contribution in [0.2, 0.25) is 5.02 Å². The number of hydrogen-bond donors (Lipinski definition) is 0. The van der Waals surface area contributed by atoms with Crippen LogP contribution in [0.5, 0.6) is 0 Å².